The quantitative estimate of drug-likeness (QED) is 0.842. The Morgan fingerprint density at radius 1 is 0.952 bits per heavy atom. The van der Waals surface area contributed by atoms with Gasteiger partial charge in [0.25, 0.3) is 0 Å². The van der Waals surface area contributed by atoms with Crippen LogP contribution in [0, 0.1) is 20.8 Å². The first-order chi connectivity index (χ1) is 9.95. The summed E-state index contributed by atoms with van der Waals surface area (Å²) in [6.07, 6.45) is 0. The minimum Gasteiger partial charge on any atom is -0.457 e. The molecule has 0 heterocycles. The Hall–Kier alpha value is -1.80. The van der Waals surface area contributed by atoms with Crippen LogP contribution in [0.3, 0.4) is 0 Å². The first-order valence-corrected chi connectivity index (χ1v) is 7.53. The largest absolute Gasteiger partial charge is 0.457 e. The lowest BCUT2D eigenvalue weighted by molar-refractivity contribution is 0.477. The molecule has 21 heavy (non-hydrogen) atoms. The summed E-state index contributed by atoms with van der Waals surface area (Å²) in [6.45, 7) is 11.5. The molecule has 0 bridgehead atoms. The van der Waals surface area contributed by atoms with Gasteiger partial charge >= 0.3 is 0 Å². The van der Waals surface area contributed by atoms with Crippen LogP contribution in [0.2, 0.25) is 0 Å². The molecule has 0 aromatic heterocycles. The third-order valence-electron chi connectivity index (χ3n) is 3.59. The Balaban J connectivity index is 2.14. The summed E-state index contributed by atoms with van der Waals surface area (Å²) in [7, 11) is 0. The van der Waals surface area contributed by atoms with Gasteiger partial charge in [-0.2, -0.15) is 0 Å². The lowest BCUT2D eigenvalue weighted by atomic mass is 10.1. The van der Waals surface area contributed by atoms with E-state index in [2.05, 4.69) is 70.3 Å². The molecular formula is C19H25NO. The molecule has 0 fully saturated rings. The zero-order valence-corrected chi connectivity index (χ0v) is 13.7. The van der Waals surface area contributed by atoms with Gasteiger partial charge in [-0.3, -0.25) is 0 Å². The second-order valence-electron chi connectivity index (χ2n) is 5.99. The molecular weight excluding hydrogens is 258 g/mol. The van der Waals surface area contributed by atoms with Crippen LogP contribution < -0.4 is 10.1 Å². The number of aryl methyl sites for hydroxylation is 3. The topological polar surface area (TPSA) is 21.3 Å². The van der Waals surface area contributed by atoms with Crippen LogP contribution in [-0.2, 0) is 6.54 Å². The molecule has 2 aromatic rings. The van der Waals surface area contributed by atoms with Crippen molar-refractivity contribution in [1.29, 1.82) is 0 Å². The molecule has 112 valence electrons. The minimum atomic E-state index is 0.496. The third kappa shape index (κ3) is 4.33. The van der Waals surface area contributed by atoms with Gasteiger partial charge in [0.1, 0.15) is 11.5 Å². The molecule has 0 amide bonds. The predicted octanol–water partition coefficient (Wildman–Crippen LogP) is 4.90. The van der Waals surface area contributed by atoms with E-state index in [1.807, 2.05) is 6.07 Å². The Morgan fingerprint density at radius 2 is 1.71 bits per heavy atom. The number of benzene rings is 2. The molecule has 0 aliphatic rings. The Kier molecular flexibility index (Phi) is 5.03. The van der Waals surface area contributed by atoms with Crippen molar-refractivity contribution < 1.29 is 4.74 Å². The number of rotatable bonds is 5. The fourth-order valence-corrected chi connectivity index (χ4v) is 2.19. The summed E-state index contributed by atoms with van der Waals surface area (Å²) >= 11 is 0. The maximum Gasteiger partial charge on any atom is 0.130 e. The SMILES string of the molecule is Cc1ccc(C)c(Oc2ccc(CNC(C)C)c(C)c2)c1. The number of hydrogen-bond donors (Lipinski definition) is 1. The van der Waals surface area contributed by atoms with Crippen molar-refractivity contribution in [2.45, 2.75) is 47.2 Å². The van der Waals surface area contributed by atoms with Crippen molar-refractivity contribution in [3.8, 4) is 11.5 Å². The molecule has 0 unspecified atom stereocenters. The molecule has 0 atom stereocenters. The van der Waals surface area contributed by atoms with Crippen molar-refractivity contribution in [3.63, 3.8) is 0 Å². The maximum atomic E-state index is 6.03. The van der Waals surface area contributed by atoms with Crippen molar-refractivity contribution in [1.82, 2.24) is 5.32 Å². The van der Waals surface area contributed by atoms with Gasteiger partial charge in [0.05, 0.1) is 0 Å². The van der Waals surface area contributed by atoms with E-state index in [0.29, 0.717) is 6.04 Å². The second kappa shape index (κ2) is 6.77. The van der Waals surface area contributed by atoms with Crippen molar-refractivity contribution in [2.24, 2.45) is 0 Å². The zero-order valence-electron chi connectivity index (χ0n) is 13.7. The van der Waals surface area contributed by atoms with Crippen LogP contribution in [0.4, 0.5) is 0 Å². The van der Waals surface area contributed by atoms with Crippen LogP contribution in [0.15, 0.2) is 36.4 Å². The van der Waals surface area contributed by atoms with E-state index in [9.17, 15) is 0 Å². The highest BCUT2D eigenvalue weighted by molar-refractivity contribution is 5.42. The Morgan fingerprint density at radius 3 is 2.38 bits per heavy atom. The Bertz CT molecular complexity index is 617. The van der Waals surface area contributed by atoms with E-state index in [1.165, 1.54) is 16.7 Å². The average Bonchev–Trinajstić information content (AvgIpc) is 2.42. The molecule has 2 aromatic carbocycles. The predicted molar refractivity (Wildman–Crippen MR) is 89.1 cm³/mol. The smallest absolute Gasteiger partial charge is 0.130 e. The van der Waals surface area contributed by atoms with E-state index < -0.39 is 0 Å². The monoisotopic (exact) mass is 283 g/mol. The first-order valence-electron chi connectivity index (χ1n) is 7.53. The molecule has 0 aliphatic carbocycles. The van der Waals surface area contributed by atoms with E-state index in [4.69, 9.17) is 4.74 Å². The summed E-state index contributed by atoms with van der Waals surface area (Å²) in [5.74, 6) is 1.83. The fraction of sp³-hybridized carbons (Fsp3) is 0.368. The summed E-state index contributed by atoms with van der Waals surface area (Å²) in [5.41, 5.74) is 4.94. The van der Waals surface area contributed by atoms with Gasteiger partial charge in [0.15, 0.2) is 0 Å². The molecule has 0 spiro atoms. The van der Waals surface area contributed by atoms with Gasteiger partial charge in [-0.1, -0.05) is 32.0 Å². The zero-order chi connectivity index (χ0) is 15.4. The summed E-state index contributed by atoms with van der Waals surface area (Å²) in [4.78, 5) is 0. The van der Waals surface area contributed by atoms with Gasteiger partial charge in [-0.05, 0) is 61.2 Å². The van der Waals surface area contributed by atoms with Crippen LogP contribution >= 0.6 is 0 Å². The van der Waals surface area contributed by atoms with E-state index in [-0.39, 0.29) is 0 Å². The highest BCUT2D eigenvalue weighted by atomic mass is 16.5. The van der Waals surface area contributed by atoms with Crippen LogP contribution in [0.5, 0.6) is 11.5 Å². The highest BCUT2D eigenvalue weighted by Gasteiger charge is 2.05. The number of ether oxygens (including phenoxy) is 1. The second-order valence-corrected chi connectivity index (χ2v) is 5.99. The van der Waals surface area contributed by atoms with Gasteiger partial charge < -0.3 is 10.1 Å². The molecule has 2 rings (SSSR count). The minimum absolute atomic E-state index is 0.496. The van der Waals surface area contributed by atoms with Gasteiger partial charge in [-0.15, -0.1) is 0 Å². The van der Waals surface area contributed by atoms with Gasteiger partial charge in [0.2, 0.25) is 0 Å². The van der Waals surface area contributed by atoms with E-state index in [0.717, 1.165) is 23.6 Å². The van der Waals surface area contributed by atoms with Crippen molar-refractivity contribution in [3.05, 3.63) is 58.7 Å². The Labute approximate surface area is 128 Å². The molecule has 0 aliphatic heterocycles. The molecule has 0 radical (unpaired) electrons. The summed E-state index contributed by atoms with van der Waals surface area (Å²) in [5, 5.41) is 3.45. The molecule has 0 saturated carbocycles. The number of nitrogens with one attached hydrogen (secondary N) is 1. The van der Waals surface area contributed by atoms with Gasteiger partial charge in [0, 0.05) is 12.6 Å². The highest BCUT2D eigenvalue weighted by Crippen LogP contribution is 2.27. The van der Waals surface area contributed by atoms with Crippen LogP contribution in [0.25, 0.3) is 0 Å². The van der Waals surface area contributed by atoms with Gasteiger partial charge in [-0.25, -0.2) is 0 Å². The van der Waals surface area contributed by atoms with Crippen LogP contribution in [-0.4, -0.2) is 6.04 Å². The summed E-state index contributed by atoms with van der Waals surface area (Å²) in [6, 6.07) is 13.1. The van der Waals surface area contributed by atoms with E-state index in [1.54, 1.807) is 0 Å². The third-order valence-corrected chi connectivity index (χ3v) is 3.59. The maximum absolute atomic E-state index is 6.03. The molecule has 2 nitrogen and oxygen atoms in total. The van der Waals surface area contributed by atoms with E-state index >= 15 is 0 Å². The molecule has 2 heteroatoms. The number of hydrogen-bond acceptors (Lipinski definition) is 2. The fourth-order valence-electron chi connectivity index (χ4n) is 2.19. The lowest BCUT2D eigenvalue weighted by Gasteiger charge is -2.13. The lowest BCUT2D eigenvalue weighted by Crippen LogP contribution is -2.22. The van der Waals surface area contributed by atoms with Crippen molar-refractivity contribution in [2.75, 3.05) is 0 Å². The first kappa shape index (κ1) is 15.6. The van der Waals surface area contributed by atoms with Crippen LogP contribution in [0.1, 0.15) is 36.1 Å². The normalized spacial score (nSPS) is 11.0. The average molecular weight is 283 g/mol. The molecule has 0 saturated heterocycles. The summed E-state index contributed by atoms with van der Waals surface area (Å²) < 4.78 is 6.03. The molecule has 1 N–H and O–H groups in total. The standard InChI is InChI=1S/C19H25NO/c1-13(2)20-12-17-8-9-18(11-16(17)5)21-19-10-14(3)6-7-15(19)4/h6-11,13,20H,12H2,1-5H3. The van der Waals surface area contributed by atoms with Crippen molar-refractivity contribution >= 4 is 0 Å².